The van der Waals surface area contributed by atoms with Crippen LogP contribution in [0.5, 0.6) is 34.7 Å². The molecule has 8 heteroatoms. The van der Waals surface area contributed by atoms with Gasteiger partial charge in [-0.2, -0.15) is 0 Å². The van der Waals surface area contributed by atoms with Gasteiger partial charge in [0.15, 0.2) is 5.76 Å². The molecule has 180 valence electrons. The highest BCUT2D eigenvalue weighted by molar-refractivity contribution is 6.04. The fourth-order valence-electron chi connectivity index (χ4n) is 3.95. The molecule has 4 rings (SSSR count). The summed E-state index contributed by atoms with van der Waals surface area (Å²) >= 11 is 0. The van der Waals surface area contributed by atoms with E-state index in [0.29, 0.717) is 35.3 Å². The van der Waals surface area contributed by atoms with Crippen molar-refractivity contribution < 1.29 is 32.9 Å². The number of benzene rings is 2. The summed E-state index contributed by atoms with van der Waals surface area (Å²) in [4.78, 5) is 12.9. The number of furan rings is 1. The number of amides is 1. The zero-order valence-electron chi connectivity index (χ0n) is 20.2. The van der Waals surface area contributed by atoms with Crippen LogP contribution in [-0.2, 0) is 5.41 Å². The predicted molar refractivity (Wildman–Crippen MR) is 127 cm³/mol. The van der Waals surface area contributed by atoms with Crippen molar-refractivity contribution in [3.8, 4) is 34.7 Å². The quantitative estimate of drug-likeness (QED) is 0.475. The lowest BCUT2D eigenvalue weighted by Gasteiger charge is -2.33. The Balaban J connectivity index is 1.55. The van der Waals surface area contributed by atoms with Crippen molar-refractivity contribution in [3.63, 3.8) is 0 Å². The summed E-state index contributed by atoms with van der Waals surface area (Å²) in [5.74, 6) is 2.65. The molecule has 0 saturated carbocycles. The largest absolute Gasteiger partial charge is 0.496 e. The summed E-state index contributed by atoms with van der Waals surface area (Å²) in [6.07, 6.45) is 0.923. The molecule has 8 nitrogen and oxygen atoms in total. The van der Waals surface area contributed by atoms with Crippen LogP contribution < -0.4 is 29.0 Å². The number of methoxy groups -OCH3 is 3. The number of carbonyl (C=O) groups is 1. The number of carbonyl (C=O) groups excluding carboxylic acids is 1. The maximum Gasteiger partial charge on any atom is 0.291 e. The molecular weight excluding hydrogens is 438 g/mol. The Morgan fingerprint density at radius 2 is 1.68 bits per heavy atom. The molecule has 0 bridgehead atoms. The molecule has 34 heavy (non-hydrogen) atoms. The van der Waals surface area contributed by atoms with Crippen LogP contribution in [-0.4, -0.2) is 33.8 Å². The summed E-state index contributed by atoms with van der Waals surface area (Å²) in [5, 5.41) is 2.78. The standard InChI is InChI=1S/C26H29NO7/c1-15-11-17(12-18-24(15)32-10-9-26(18,2)3)33-22-8-7-19(34-22)25(28)27-23-20(30-5)13-16(29-4)14-21(23)31-6/h7-8,11-14H,9-10H2,1-6H3,(H,27,28). The highest BCUT2D eigenvalue weighted by Crippen LogP contribution is 2.43. The molecule has 1 aliphatic rings. The van der Waals surface area contributed by atoms with E-state index in [1.165, 1.54) is 21.3 Å². The van der Waals surface area contributed by atoms with Gasteiger partial charge < -0.3 is 33.4 Å². The van der Waals surface area contributed by atoms with Crippen molar-refractivity contribution in [1.29, 1.82) is 0 Å². The molecule has 0 fully saturated rings. The third-order valence-electron chi connectivity index (χ3n) is 5.93. The van der Waals surface area contributed by atoms with Crippen molar-refractivity contribution in [2.75, 3.05) is 33.3 Å². The van der Waals surface area contributed by atoms with E-state index in [1.54, 1.807) is 24.3 Å². The van der Waals surface area contributed by atoms with E-state index in [4.69, 9.17) is 28.1 Å². The molecule has 0 atom stereocenters. The molecule has 1 N–H and O–H groups in total. The van der Waals surface area contributed by atoms with E-state index < -0.39 is 5.91 Å². The van der Waals surface area contributed by atoms with Crippen LogP contribution in [0, 0.1) is 6.92 Å². The van der Waals surface area contributed by atoms with Gasteiger partial charge in [-0.15, -0.1) is 0 Å². The monoisotopic (exact) mass is 467 g/mol. The van der Waals surface area contributed by atoms with Crippen LogP contribution in [0.25, 0.3) is 0 Å². The molecule has 0 saturated heterocycles. The zero-order valence-corrected chi connectivity index (χ0v) is 20.2. The molecule has 0 unspecified atom stereocenters. The zero-order chi connectivity index (χ0) is 24.5. The van der Waals surface area contributed by atoms with E-state index in [0.717, 1.165) is 23.3 Å². The summed E-state index contributed by atoms with van der Waals surface area (Å²) in [6, 6.07) is 10.3. The van der Waals surface area contributed by atoms with Crippen molar-refractivity contribution >= 4 is 11.6 Å². The number of nitrogens with one attached hydrogen (secondary N) is 1. The summed E-state index contributed by atoms with van der Waals surface area (Å²) < 4.78 is 33.5. The van der Waals surface area contributed by atoms with Crippen LogP contribution in [0.15, 0.2) is 40.8 Å². The Labute approximate surface area is 198 Å². The molecule has 2 heterocycles. The Morgan fingerprint density at radius 1 is 0.971 bits per heavy atom. The second kappa shape index (κ2) is 9.21. The van der Waals surface area contributed by atoms with Gasteiger partial charge in [-0.25, -0.2) is 0 Å². The maximum atomic E-state index is 12.9. The smallest absolute Gasteiger partial charge is 0.291 e. The maximum absolute atomic E-state index is 12.9. The minimum Gasteiger partial charge on any atom is -0.496 e. The first-order valence-corrected chi connectivity index (χ1v) is 10.9. The number of fused-ring (bicyclic) bond motifs is 1. The van der Waals surface area contributed by atoms with Gasteiger partial charge >= 0.3 is 0 Å². The van der Waals surface area contributed by atoms with Gasteiger partial charge in [0.2, 0.25) is 0 Å². The number of aryl methyl sites for hydroxylation is 1. The highest BCUT2D eigenvalue weighted by Gasteiger charge is 2.30. The van der Waals surface area contributed by atoms with E-state index in [-0.39, 0.29) is 17.1 Å². The van der Waals surface area contributed by atoms with Gasteiger partial charge in [0.05, 0.1) is 27.9 Å². The van der Waals surface area contributed by atoms with Gasteiger partial charge in [0, 0.05) is 23.8 Å². The fourth-order valence-corrected chi connectivity index (χ4v) is 3.95. The van der Waals surface area contributed by atoms with Gasteiger partial charge in [-0.3, -0.25) is 4.79 Å². The van der Waals surface area contributed by atoms with Crippen molar-refractivity contribution in [2.45, 2.75) is 32.6 Å². The van der Waals surface area contributed by atoms with E-state index in [9.17, 15) is 4.79 Å². The Bertz CT molecular complexity index is 1190. The van der Waals surface area contributed by atoms with E-state index in [2.05, 4.69) is 19.2 Å². The lowest BCUT2D eigenvalue weighted by atomic mass is 9.79. The third-order valence-corrected chi connectivity index (χ3v) is 5.93. The average molecular weight is 468 g/mol. The molecule has 0 aliphatic carbocycles. The van der Waals surface area contributed by atoms with Crippen molar-refractivity contribution in [3.05, 3.63) is 53.3 Å². The number of anilines is 1. The lowest BCUT2D eigenvalue weighted by Crippen LogP contribution is -2.27. The molecule has 1 aromatic heterocycles. The molecule has 3 aromatic rings. The van der Waals surface area contributed by atoms with Crippen LogP contribution >= 0.6 is 0 Å². The number of hydrogen-bond acceptors (Lipinski definition) is 7. The molecule has 0 spiro atoms. The minimum absolute atomic E-state index is 0.0254. The molecule has 0 radical (unpaired) electrons. The molecule has 1 aliphatic heterocycles. The van der Waals surface area contributed by atoms with Gasteiger partial charge in [0.1, 0.15) is 34.4 Å². The van der Waals surface area contributed by atoms with E-state index in [1.807, 2.05) is 19.1 Å². The Morgan fingerprint density at radius 3 is 2.32 bits per heavy atom. The fraction of sp³-hybridized carbons (Fsp3) is 0.346. The van der Waals surface area contributed by atoms with Gasteiger partial charge in [0.25, 0.3) is 11.9 Å². The van der Waals surface area contributed by atoms with Gasteiger partial charge in [-0.1, -0.05) is 13.8 Å². The van der Waals surface area contributed by atoms with Crippen LogP contribution in [0.4, 0.5) is 5.69 Å². The number of rotatable bonds is 7. The second-order valence-corrected chi connectivity index (χ2v) is 8.68. The average Bonchev–Trinajstić information content (AvgIpc) is 3.28. The first kappa shape index (κ1) is 23.4. The Hall–Kier alpha value is -3.81. The molecule has 1 amide bonds. The first-order chi connectivity index (χ1) is 16.2. The first-order valence-electron chi connectivity index (χ1n) is 10.9. The topological polar surface area (TPSA) is 88.4 Å². The molecular formula is C26H29NO7. The lowest BCUT2D eigenvalue weighted by molar-refractivity contribution is 0.0991. The van der Waals surface area contributed by atoms with Gasteiger partial charge in [-0.05, 0) is 42.5 Å². The summed E-state index contributed by atoms with van der Waals surface area (Å²) in [6.45, 7) is 7.06. The van der Waals surface area contributed by atoms with E-state index >= 15 is 0 Å². The minimum atomic E-state index is -0.479. The van der Waals surface area contributed by atoms with Crippen molar-refractivity contribution in [2.24, 2.45) is 0 Å². The second-order valence-electron chi connectivity index (χ2n) is 8.68. The summed E-state index contributed by atoms with van der Waals surface area (Å²) in [7, 11) is 4.53. The molecule has 2 aromatic carbocycles. The van der Waals surface area contributed by atoms with Crippen molar-refractivity contribution in [1.82, 2.24) is 0 Å². The van der Waals surface area contributed by atoms with Crippen LogP contribution in [0.1, 0.15) is 41.9 Å². The SMILES string of the molecule is COc1cc(OC)c(NC(=O)c2ccc(Oc3cc(C)c4c(c3)C(C)(C)CCO4)o2)c(OC)c1. The Kier molecular flexibility index (Phi) is 6.32. The highest BCUT2D eigenvalue weighted by atomic mass is 16.6. The number of ether oxygens (including phenoxy) is 5. The summed E-state index contributed by atoms with van der Waals surface area (Å²) in [5.41, 5.74) is 2.42. The predicted octanol–water partition coefficient (Wildman–Crippen LogP) is 5.72. The van der Waals surface area contributed by atoms with Crippen LogP contribution in [0.2, 0.25) is 0 Å². The normalized spacial score (nSPS) is 13.9. The third kappa shape index (κ3) is 4.48. The number of hydrogen-bond donors (Lipinski definition) is 1. The van der Waals surface area contributed by atoms with Crippen LogP contribution in [0.3, 0.4) is 0 Å².